The summed E-state index contributed by atoms with van der Waals surface area (Å²) in [5.74, 6) is 0. The lowest BCUT2D eigenvalue weighted by Crippen LogP contribution is -2.14. The Kier molecular flexibility index (Phi) is 6.42. The lowest BCUT2D eigenvalue weighted by Gasteiger charge is -2.27. The molecule has 0 unspecified atom stereocenters. The first-order valence-corrected chi connectivity index (χ1v) is 16.8. The van der Waals surface area contributed by atoms with Crippen molar-refractivity contribution in [3.8, 4) is 33.6 Å². The molecule has 0 radical (unpaired) electrons. The van der Waals surface area contributed by atoms with Crippen LogP contribution in [0.3, 0.4) is 0 Å². The van der Waals surface area contributed by atoms with Crippen LogP contribution in [0, 0.1) is 0 Å². The highest BCUT2D eigenvalue weighted by molar-refractivity contribution is 6.12. The molecule has 2 heteroatoms. The summed E-state index contributed by atoms with van der Waals surface area (Å²) in [6, 6.07) is 59.8. The average Bonchev–Trinajstić information content (AvgIpc) is 3.64. The van der Waals surface area contributed by atoms with Gasteiger partial charge >= 0.3 is 0 Å². The summed E-state index contributed by atoms with van der Waals surface area (Å²) in [7, 11) is 0. The molecular formula is C46H36N2. The number of nitrogens with zero attached hydrogens (tertiary/aromatic N) is 2. The molecule has 9 aromatic rings. The highest BCUT2D eigenvalue weighted by Gasteiger charge is 2.25. The molecule has 0 saturated carbocycles. The van der Waals surface area contributed by atoms with Gasteiger partial charge in [0.15, 0.2) is 0 Å². The van der Waals surface area contributed by atoms with Gasteiger partial charge < -0.3 is 9.13 Å². The quantitative estimate of drug-likeness (QED) is 0.186. The summed E-state index contributed by atoms with van der Waals surface area (Å²) < 4.78 is 4.77. The molecule has 0 aliphatic carbocycles. The maximum Gasteiger partial charge on any atom is 0.0541 e. The van der Waals surface area contributed by atoms with Crippen molar-refractivity contribution in [2.45, 2.75) is 26.2 Å². The van der Waals surface area contributed by atoms with Crippen LogP contribution < -0.4 is 0 Å². The van der Waals surface area contributed by atoms with Gasteiger partial charge in [-0.1, -0.05) is 124 Å². The van der Waals surface area contributed by atoms with Crippen LogP contribution in [0.25, 0.3) is 77.2 Å². The molecule has 48 heavy (non-hydrogen) atoms. The number of aromatic nitrogens is 2. The van der Waals surface area contributed by atoms with Crippen LogP contribution in [0.2, 0.25) is 0 Å². The molecule has 0 amide bonds. The predicted octanol–water partition coefficient (Wildman–Crippen LogP) is 12.5. The van der Waals surface area contributed by atoms with E-state index in [0.717, 1.165) is 0 Å². The molecule has 0 fully saturated rings. The molecule has 2 nitrogen and oxygen atoms in total. The van der Waals surface area contributed by atoms with Crippen LogP contribution in [0.5, 0.6) is 0 Å². The molecule has 0 saturated heterocycles. The number of hydrogen-bond acceptors (Lipinski definition) is 0. The third-order valence-corrected chi connectivity index (χ3v) is 9.81. The van der Waals surface area contributed by atoms with Gasteiger partial charge in [-0.15, -0.1) is 0 Å². The van der Waals surface area contributed by atoms with E-state index in [2.05, 4.69) is 194 Å². The Labute approximate surface area is 281 Å². The van der Waals surface area contributed by atoms with Gasteiger partial charge in [0.05, 0.1) is 22.1 Å². The fourth-order valence-electron chi connectivity index (χ4n) is 7.83. The first kappa shape index (κ1) is 28.4. The van der Waals surface area contributed by atoms with Crippen LogP contribution >= 0.6 is 0 Å². The van der Waals surface area contributed by atoms with Crippen LogP contribution in [0.1, 0.15) is 26.3 Å². The van der Waals surface area contributed by atoms with E-state index >= 15 is 0 Å². The van der Waals surface area contributed by atoms with Crippen molar-refractivity contribution in [3.63, 3.8) is 0 Å². The molecule has 2 heterocycles. The Morgan fingerprint density at radius 2 is 0.750 bits per heavy atom. The van der Waals surface area contributed by atoms with Crippen molar-refractivity contribution in [2.75, 3.05) is 0 Å². The van der Waals surface area contributed by atoms with Crippen molar-refractivity contribution < 1.29 is 0 Å². The zero-order valence-corrected chi connectivity index (χ0v) is 27.5. The van der Waals surface area contributed by atoms with E-state index in [9.17, 15) is 0 Å². The fourth-order valence-corrected chi connectivity index (χ4v) is 7.83. The predicted molar refractivity (Wildman–Crippen MR) is 205 cm³/mol. The van der Waals surface area contributed by atoms with E-state index in [1.54, 1.807) is 0 Å². The van der Waals surface area contributed by atoms with Crippen molar-refractivity contribution in [1.29, 1.82) is 0 Å². The molecule has 0 N–H and O–H groups in total. The first-order valence-electron chi connectivity index (χ1n) is 16.8. The monoisotopic (exact) mass is 616 g/mol. The summed E-state index contributed by atoms with van der Waals surface area (Å²) in [5, 5.41) is 5.08. The second-order valence-electron chi connectivity index (χ2n) is 13.8. The van der Waals surface area contributed by atoms with Gasteiger partial charge in [-0.2, -0.15) is 0 Å². The Hall–Kier alpha value is -5.86. The molecule has 0 aliphatic rings. The van der Waals surface area contributed by atoms with Crippen LogP contribution in [-0.4, -0.2) is 9.13 Å². The smallest absolute Gasteiger partial charge is 0.0541 e. The summed E-state index contributed by atoms with van der Waals surface area (Å²) in [6.45, 7) is 7.03. The number of rotatable bonds is 4. The van der Waals surface area contributed by atoms with Crippen LogP contribution in [-0.2, 0) is 5.41 Å². The van der Waals surface area contributed by atoms with Gasteiger partial charge in [-0.25, -0.2) is 0 Å². The third-order valence-electron chi connectivity index (χ3n) is 9.81. The van der Waals surface area contributed by atoms with Crippen molar-refractivity contribution in [1.82, 2.24) is 9.13 Å². The Morgan fingerprint density at radius 3 is 1.19 bits per heavy atom. The second-order valence-corrected chi connectivity index (χ2v) is 13.8. The van der Waals surface area contributed by atoms with Crippen molar-refractivity contribution in [3.05, 3.63) is 169 Å². The highest BCUT2D eigenvalue weighted by atomic mass is 15.0. The Bertz CT molecular complexity index is 2450. The lowest BCUT2D eigenvalue weighted by molar-refractivity contribution is 0.594. The van der Waals surface area contributed by atoms with Crippen molar-refractivity contribution in [2.24, 2.45) is 0 Å². The summed E-state index contributed by atoms with van der Waals surface area (Å²) in [4.78, 5) is 0. The van der Waals surface area contributed by atoms with E-state index in [-0.39, 0.29) is 5.41 Å². The fraction of sp³-hybridized carbons (Fsp3) is 0.0870. The number of para-hydroxylation sites is 4. The molecule has 7 aromatic carbocycles. The van der Waals surface area contributed by atoms with E-state index in [4.69, 9.17) is 0 Å². The zero-order valence-electron chi connectivity index (χ0n) is 27.5. The molecule has 2 aromatic heterocycles. The molecule has 9 rings (SSSR count). The van der Waals surface area contributed by atoms with Gasteiger partial charge in [0.1, 0.15) is 0 Å². The molecule has 0 aliphatic heterocycles. The van der Waals surface area contributed by atoms with Crippen molar-refractivity contribution >= 4 is 43.6 Å². The Balaban J connectivity index is 1.26. The molecule has 0 bridgehead atoms. The van der Waals surface area contributed by atoms with E-state index in [0.29, 0.717) is 0 Å². The van der Waals surface area contributed by atoms with E-state index in [1.165, 1.54) is 82.8 Å². The second kappa shape index (κ2) is 10.9. The first-order chi connectivity index (χ1) is 23.5. The molecular weight excluding hydrogens is 581 g/mol. The summed E-state index contributed by atoms with van der Waals surface area (Å²) in [5.41, 5.74) is 13.6. The highest BCUT2D eigenvalue weighted by Crippen LogP contribution is 2.44. The normalized spacial score (nSPS) is 12.1. The summed E-state index contributed by atoms with van der Waals surface area (Å²) >= 11 is 0. The number of benzene rings is 7. The minimum Gasteiger partial charge on any atom is -0.309 e. The van der Waals surface area contributed by atoms with Gasteiger partial charge in [0, 0.05) is 32.9 Å². The number of hydrogen-bond donors (Lipinski definition) is 0. The van der Waals surface area contributed by atoms with Gasteiger partial charge in [-0.05, 0) is 93.9 Å². The molecule has 230 valence electrons. The summed E-state index contributed by atoms with van der Waals surface area (Å²) in [6.07, 6.45) is 0. The SMILES string of the molecule is CC(C)(C)c1c(-c2ccc3c(c2)c2ccccc2n3-c2ccccc2)cccc1-c1ccc2c(c1)c1ccccc1n2-c1ccccc1. The van der Waals surface area contributed by atoms with Gasteiger partial charge in [-0.3, -0.25) is 0 Å². The maximum absolute atomic E-state index is 2.40. The minimum atomic E-state index is -0.0914. The van der Waals surface area contributed by atoms with Gasteiger partial charge in [0.2, 0.25) is 0 Å². The van der Waals surface area contributed by atoms with E-state index < -0.39 is 0 Å². The van der Waals surface area contributed by atoms with Crippen LogP contribution in [0.15, 0.2) is 164 Å². The molecule has 0 atom stereocenters. The Morgan fingerprint density at radius 1 is 0.354 bits per heavy atom. The third kappa shape index (κ3) is 4.41. The lowest BCUT2D eigenvalue weighted by atomic mass is 9.77. The van der Waals surface area contributed by atoms with Crippen LogP contribution in [0.4, 0.5) is 0 Å². The van der Waals surface area contributed by atoms with Gasteiger partial charge in [0.25, 0.3) is 0 Å². The average molecular weight is 617 g/mol. The maximum atomic E-state index is 2.40. The largest absolute Gasteiger partial charge is 0.309 e. The zero-order chi connectivity index (χ0) is 32.4. The topological polar surface area (TPSA) is 9.86 Å². The van der Waals surface area contributed by atoms with E-state index in [1.807, 2.05) is 0 Å². The minimum absolute atomic E-state index is 0.0914. The number of fused-ring (bicyclic) bond motifs is 6. The molecule has 0 spiro atoms. The standard InChI is InChI=1S/C46H36N2/c1-46(2,3)45-35(31-25-27-43-39(29-31)37-19-10-12-23-41(37)47(43)33-15-6-4-7-16-33)21-14-22-36(45)32-26-28-44-40(30-32)38-20-11-13-24-42(38)48(44)34-17-8-5-9-18-34/h4-30H,1-3H3.